The van der Waals surface area contributed by atoms with Crippen LogP contribution in [0.4, 0.5) is 0 Å². The molecule has 2 saturated carbocycles. The summed E-state index contributed by atoms with van der Waals surface area (Å²) in [5, 5.41) is 0. The molecule has 4 rings (SSSR count). The molecule has 0 unspecified atom stereocenters. The molecule has 2 aromatic rings. The zero-order chi connectivity index (χ0) is 15.5. The second-order valence-electron chi connectivity index (χ2n) is 6.32. The Hall–Kier alpha value is -1.18. The van der Waals surface area contributed by atoms with E-state index in [9.17, 15) is 13.2 Å². The van der Waals surface area contributed by atoms with Gasteiger partial charge in [0.15, 0.2) is 0 Å². The molecule has 0 bridgehead atoms. The van der Waals surface area contributed by atoms with Gasteiger partial charge in [-0.05, 0) is 42.9 Å². The second kappa shape index (κ2) is 4.91. The Balaban J connectivity index is 1.64. The van der Waals surface area contributed by atoms with E-state index >= 15 is 0 Å². The molecule has 1 N–H and O–H groups in total. The first-order valence-corrected chi connectivity index (χ1v) is 9.89. The van der Waals surface area contributed by atoms with Gasteiger partial charge in [-0.3, -0.25) is 4.79 Å². The van der Waals surface area contributed by atoms with Crippen LogP contribution in [0.5, 0.6) is 0 Å². The molecule has 118 valence electrons. The Labute approximate surface area is 133 Å². The summed E-state index contributed by atoms with van der Waals surface area (Å²) in [6.07, 6.45) is 4.70. The van der Waals surface area contributed by atoms with Crippen LogP contribution in [0.1, 0.15) is 25.7 Å². The third-order valence-corrected chi connectivity index (χ3v) is 7.47. The highest BCUT2D eigenvalue weighted by molar-refractivity contribution is 7.89. The van der Waals surface area contributed by atoms with Crippen LogP contribution in [0.25, 0.3) is 10.2 Å². The van der Waals surface area contributed by atoms with Gasteiger partial charge in [0.2, 0.25) is 10.0 Å². The Kier molecular flexibility index (Phi) is 3.22. The highest BCUT2D eigenvalue weighted by atomic mass is 32.2. The quantitative estimate of drug-likeness (QED) is 0.931. The topological polar surface area (TPSA) is 68.2 Å². The SMILES string of the molecule is Cn1c(=O)sc2cc(S(=O)(=O)NC3[C@@H]4CCCC[C@@H]34)ccc21. The fraction of sp³-hybridized carbons (Fsp3) is 0.533. The van der Waals surface area contributed by atoms with Crippen molar-refractivity contribution in [1.29, 1.82) is 0 Å². The summed E-state index contributed by atoms with van der Waals surface area (Å²) in [6.45, 7) is 0. The van der Waals surface area contributed by atoms with Gasteiger partial charge in [0.25, 0.3) is 0 Å². The molecule has 2 fully saturated rings. The fourth-order valence-electron chi connectivity index (χ4n) is 3.70. The fourth-order valence-corrected chi connectivity index (χ4v) is 6.05. The number of aromatic nitrogens is 1. The van der Waals surface area contributed by atoms with Crippen molar-refractivity contribution >= 4 is 31.6 Å². The van der Waals surface area contributed by atoms with Crippen molar-refractivity contribution in [3.05, 3.63) is 27.9 Å². The van der Waals surface area contributed by atoms with Crippen molar-refractivity contribution in [2.75, 3.05) is 0 Å². The predicted octanol–water partition coefficient (Wildman–Crippen LogP) is 2.07. The van der Waals surface area contributed by atoms with E-state index in [4.69, 9.17) is 0 Å². The summed E-state index contributed by atoms with van der Waals surface area (Å²) in [4.78, 5) is 11.9. The van der Waals surface area contributed by atoms with Crippen LogP contribution in [0.3, 0.4) is 0 Å². The van der Waals surface area contributed by atoms with E-state index < -0.39 is 10.0 Å². The molecular formula is C15H18N2O3S2. The van der Waals surface area contributed by atoms with Crippen molar-refractivity contribution in [2.45, 2.75) is 36.6 Å². The lowest BCUT2D eigenvalue weighted by Crippen LogP contribution is -2.27. The number of aryl methyl sites for hydroxylation is 1. The summed E-state index contributed by atoms with van der Waals surface area (Å²) < 4.78 is 30.3. The maximum atomic E-state index is 12.6. The summed E-state index contributed by atoms with van der Waals surface area (Å²) in [5.41, 5.74) is 0.772. The molecule has 5 nitrogen and oxygen atoms in total. The molecule has 2 aliphatic carbocycles. The Morgan fingerprint density at radius 1 is 1.23 bits per heavy atom. The standard InChI is InChI=1S/C15H18N2O3S2/c1-17-12-7-6-9(8-13(12)21-15(17)18)22(19,20)16-14-10-4-2-3-5-11(10)14/h6-8,10-11,14,16H,2-5H2,1H3/t10-,11-/m1/s1. The molecule has 7 heteroatoms. The normalized spacial score (nSPS) is 27.8. The van der Waals surface area contributed by atoms with Crippen molar-refractivity contribution < 1.29 is 8.42 Å². The zero-order valence-corrected chi connectivity index (χ0v) is 13.9. The minimum absolute atomic E-state index is 0.0780. The molecular weight excluding hydrogens is 320 g/mol. The lowest BCUT2D eigenvalue weighted by atomic mass is 10.0. The average molecular weight is 338 g/mol. The first-order chi connectivity index (χ1) is 10.5. The van der Waals surface area contributed by atoms with E-state index in [-0.39, 0.29) is 15.8 Å². The molecule has 0 aliphatic heterocycles. The zero-order valence-electron chi connectivity index (χ0n) is 12.3. The van der Waals surface area contributed by atoms with Gasteiger partial charge >= 0.3 is 4.87 Å². The Morgan fingerprint density at radius 3 is 2.59 bits per heavy atom. The van der Waals surface area contributed by atoms with Gasteiger partial charge in [-0.1, -0.05) is 24.2 Å². The second-order valence-corrected chi connectivity index (χ2v) is 9.02. The third kappa shape index (κ3) is 2.23. The molecule has 0 saturated heterocycles. The predicted molar refractivity (Wildman–Crippen MR) is 86.6 cm³/mol. The van der Waals surface area contributed by atoms with Crippen molar-refractivity contribution in [3.63, 3.8) is 0 Å². The number of thiazole rings is 1. The van der Waals surface area contributed by atoms with Crippen molar-refractivity contribution in [3.8, 4) is 0 Å². The van der Waals surface area contributed by atoms with Gasteiger partial charge < -0.3 is 4.57 Å². The molecule has 0 spiro atoms. The van der Waals surface area contributed by atoms with Gasteiger partial charge in [-0.2, -0.15) is 0 Å². The van der Waals surface area contributed by atoms with Gasteiger partial charge in [-0.25, -0.2) is 13.1 Å². The highest BCUT2D eigenvalue weighted by Crippen LogP contribution is 2.50. The monoisotopic (exact) mass is 338 g/mol. The maximum absolute atomic E-state index is 12.6. The number of rotatable bonds is 3. The molecule has 1 aromatic heterocycles. The van der Waals surface area contributed by atoms with Crippen molar-refractivity contribution in [1.82, 2.24) is 9.29 Å². The molecule has 0 radical (unpaired) electrons. The number of nitrogens with one attached hydrogen (secondary N) is 1. The van der Waals surface area contributed by atoms with Crippen LogP contribution in [0, 0.1) is 11.8 Å². The molecule has 2 aliphatic rings. The highest BCUT2D eigenvalue weighted by Gasteiger charge is 2.52. The minimum Gasteiger partial charge on any atom is -0.302 e. The number of benzene rings is 1. The summed E-state index contributed by atoms with van der Waals surface area (Å²) in [6, 6.07) is 5.01. The number of fused-ring (bicyclic) bond motifs is 2. The first kappa shape index (κ1) is 14.4. The molecule has 1 aromatic carbocycles. The number of hydrogen-bond acceptors (Lipinski definition) is 4. The van der Waals surface area contributed by atoms with Crippen molar-refractivity contribution in [2.24, 2.45) is 18.9 Å². The van der Waals surface area contributed by atoms with Crippen LogP contribution >= 0.6 is 11.3 Å². The largest absolute Gasteiger partial charge is 0.307 e. The van der Waals surface area contributed by atoms with Crippen LogP contribution < -0.4 is 9.60 Å². The van der Waals surface area contributed by atoms with E-state index in [1.807, 2.05) is 0 Å². The maximum Gasteiger partial charge on any atom is 0.307 e. The van der Waals surface area contributed by atoms with Crippen LogP contribution in [0.2, 0.25) is 0 Å². The third-order valence-electron chi connectivity index (χ3n) is 5.02. The molecule has 2 atom stereocenters. The molecule has 22 heavy (non-hydrogen) atoms. The molecule has 1 heterocycles. The smallest absolute Gasteiger partial charge is 0.302 e. The van der Waals surface area contributed by atoms with Gasteiger partial charge in [0.05, 0.1) is 15.1 Å². The van der Waals surface area contributed by atoms with E-state index in [0.717, 1.165) is 29.7 Å². The van der Waals surface area contributed by atoms with Gasteiger partial charge in [0, 0.05) is 13.1 Å². The van der Waals surface area contributed by atoms with E-state index in [2.05, 4.69) is 4.72 Å². The lowest BCUT2D eigenvalue weighted by Gasteiger charge is -2.06. The van der Waals surface area contributed by atoms with Gasteiger partial charge in [-0.15, -0.1) is 0 Å². The summed E-state index contributed by atoms with van der Waals surface area (Å²) >= 11 is 1.08. The first-order valence-electron chi connectivity index (χ1n) is 7.59. The Morgan fingerprint density at radius 2 is 1.91 bits per heavy atom. The average Bonchev–Trinajstić information content (AvgIpc) is 3.10. The Bertz CT molecular complexity index is 885. The number of hydrogen-bond donors (Lipinski definition) is 1. The van der Waals surface area contributed by atoms with E-state index in [1.165, 1.54) is 12.8 Å². The minimum atomic E-state index is -3.50. The van der Waals surface area contributed by atoms with E-state index in [0.29, 0.717) is 16.5 Å². The van der Waals surface area contributed by atoms with Gasteiger partial charge in [0.1, 0.15) is 0 Å². The number of sulfonamides is 1. The summed E-state index contributed by atoms with van der Waals surface area (Å²) in [7, 11) is -1.81. The summed E-state index contributed by atoms with van der Waals surface area (Å²) in [5.74, 6) is 1.06. The molecule has 0 amide bonds. The lowest BCUT2D eigenvalue weighted by molar-refractivity contribution is 0.480. The van der Waals surface area contributed by atoms with Crippen LogP contribution in [-0.4, -0.2) is 19.0 Å². The van der Waals surface area contributed by atoms with Crippen LogP contribution in [0.15, 0.2) is 27.9 Å². The van der Waals surface area contributed by atoms with E-state index in [1.54, 1.807) is 29.8 Å². The van der Waals surface area contributed by atoms with Crippen LogP contribution in [-0.2, 0) is 17.1 Å². The number of nitrogens with zero attached hydrogens (tertiary/aromatic N) is 1.